The van der Waals surface area contributed by atoms with Gasteiger partial charge in [-0.3, -0.25) is 0 Å². The molecule has 19 heavy (non-hydrogen) atoms. The van der Waals surface area contributed by atoms with Gasteiger partial charge in [0.1, 0.15) is 17.4 Å². The number of imidazole rings is 1. The number of hydrogen-bond acceptors (Lipinski definition) is 5. The zero-order valence-electron chi connectivity index (χ0n) is 10.2. The molecular formula is C11H10N6O2. The van der Waals surface area contributed by atoms with Crippen LogP contribution in [0.15, 0.2) is 12.7 Å². The van der Waals surface area contributed by atoms with E-state index < -0.39 is 5.97 Å². The zero-order valence-corrected chi connectivity index (χ0v) is 10.2. The predicted octanol–water partition coefficient (Wildman–Crippen LogP) is 0.854. The quantitative estimate of drug-likeness (QED) is 0.705. The molecule has 3 heterocycles. The summed E-state index contributed by atoms with van der Waals surface area (Å²) in [4.78, 5) is 26.3. The highest BCUT2D eigenvalue weighted by molar-refractivity contribution is 5.90. The van der Waals surface area contributed by atoms with E-state index in [2.05, 4.69) is 25.0 Å². The van der Waals surface area contributed by atoms with Gasteiger partial charge in [0.05, 0.1) is 17.7 Å². The van der Waals surface area contributed by atoms with Gasteiger partial charge in [0.15, 0.2) is 11.5 Å². The van der Waals surface area contributed by atoms with E-state index in [1.165, 1.54) is 17.3 Å². The number of aromatic carboxylic acids is 1. The summed E-state index contributed by atoms with van der Waals surface area (Å²) >= 11 is 0. The molecule has 2 N–H and O–H groups in total. The van der Waals surface area contributed by atoms with Crippen LogP contribution in [0, 0.1) is 13.8 Å². The molecule has 0 aliphatic carbocycles. The second-order valence-electron chi connectivity index (χ2n) is 4.06. The lowest BCUT2D eigenvalue weighted by molar-refractivity contribution is 0.0695. The van der Waals surface area contributed by atoms with Gasteiger partial charge in [-0.25, -0.2) is 24.4 Å². The molecule has 0 atom stereocenters. The lowest BCUT2D eigenvalue weighted by Gasteiger charge is -2.03. The number of H-pyrrole nitrogens is 1. The Morgan fingerprint density at radius 1 is 1.32 bits per heavy atom. The molecular weight excluding hydrogens is 248 g/mol. The van der Waals surface area contributed by atoms with E-state index in [1.54, 1.807) is 13.8 Å². The van der Waals surface area contributed by atoms with Crippen LogP contribution in [0.1, 0.15) is 21.7 Å². The number of aryl methyl sites for hydroxylation is 1. The normalized spacial score (nSPS) is 11.1. The predicted molar refractivity (Wildman–Crippen MR) is 65.2 cm³/mol. The summed E-state index contributed by atoms with van der Waals surface area (Å²) in [5, 5.41) is 13.4. The summed E-state index contributed by atoms with van der Waals surface area (Å²) in [6.07, 6.45) is 2.88. The van der Waals surface area contributed by atoms with E-state index in [0.717, 1.165) is 0 Å². The Labute approximate surface area is 107 Å². The molecule has 8 heteroatoms. The van der Waals surface area contributed by atoms with Gasteiger partial charge in [-0.15, -0.1) is 0 Å². The van der Waals surface area contributed by atoms with Crippen LogP contribution in [0.25, 0.3) is 17.0 Å². The molecule has 0 fully saturated rings. The largest absolute Gasteiger partial charge is 0.478 e. The van der Waals surface area contributed by atoms with Gasteiger partial charge >= 0.3 is 5.97 Å². The van der Waals surface area contributed by atoms with Crippen LogP contribution in [-0.4, -0.2) is 40.8 Å². The third kappa shape index (κ3) is 1.57. The molecule has 0 radical (unpaired) electrons. The third-order valence-corrected chi connectivity index (χ3v) is 2.91. The second kappa shape index (κ2) is 3.87. The summed E-state index contributed by atoms with van der Waals surface area (Å²) in [7, 11) is 0. The molecule has 0 aromatic carbocycles. The summed E-state index contributed by atoms with van der Waals surface area (Å²) in [5.41, 5.74) is 2.27. The molecule has 3 rings (SSSR count). The van der Waals surface area contributed by atoms with Crippen molar-refractivity contribution in [1.29, 1.82) is 0 Å². The Hall–Kier alpha value is -2.77. The molecule has 0 bridgehead atoms. The van der Waals surface area contributed by atoms with Gasteiger partial charge in [-0.05, 0) is 13.8 Å². The first kappa shape index (κ1) is 11.3. The number of carboxylic acids is 1. The molecule has 0 aliphatic rings. The minimum Gasteiger partial charge on any atom is -0.478 e. The number of aromatic amines is 1. The monoisotopic (exact) mass is 258 g/mol. The fraction of sp³-hybridized carbons (Fsp3) is 0.182. The van der Waals surface area contributed by atoms with Gasteiger partial charge in [0.2, 0.25) is 0 Å². The Balaban J connectivity index is 2.31. The van der Waals surface area contributed by atoms with E-state index in [-0.39, 0.29) is 5.56 Å². The number of carboxylic acid groups (broad SMARTS) is 1. The van der Waals surface area contributed by atoms with Gasteiger partial charge < -0.3 is 10.1 Å². The van der Waals surface area contributed by atoms with Crippen LogP contribution in [0.2, 0.25) is 0 Å². The average molecular weight is 258 g/mol. The fourth-order valence-corrected chi connectivity index (χ4v) is 2.07. The molecule has 3 aromatic heterocycles. The van der Waals surface area contributed by atoms with Crippen molar-refractivity contribution in [2.45, 2.75) is 13.8 Å². The van der Waals surface area contributed by atoms with Crippen LogP contribution in [0.5, 0.6) is 0 Å². The van der Waals surface area contributed by atoms with Crippen molar-refractivity contribution >= 4 is 17.1 Å². The highest BCUT2D eigenvalue weighted by Gasteiger charge is 2.20. The van der Waals surface area contributed by atoms with Crippen LogP contribution < -0.4 is 0 Å². The first-order valence-electron chi connectivity index (χ1n) is 5.53. The maximum atomic E-state index is 11.2. The van der Waals surface area contributed by atoms with Crippen molar-refractivity contribution in [1.82, 2.24) is 29.7 Å². The number of nitrogens with zero attached hydrogens (tertiary/aromatic N) is 5. The fourth-order valence-electron chi connectivity index (χ4n) is 2.07. The maximum Gasteiger partial charge on any atom is 0.339 e. The summed E-state index contributed by atoms with van der Waals surface area (Å²) in [6, 6.07) is 0. The Morgan fingerprint density at radius 3 is 2.79 bits per heavy atom. The number of nitrogens with one attached hydrogen (secondary N) is 1. The zero-order chi connectivity index (χ0) is 13.6. The number of fused-ring (bicyclic) bond motifs is 1. The molecule has 3 aromatic rings. The van der Waals surface area contributed by atoms with Gasteiger partial charge in [-0.2, -0.15) is 5.10 Å². The van der Waals surface area contributed by atoms with Crippen molar-refractivity contribution in [3.63, 3.8) is 0 Å². The standard InChI is InChI=1S/C11H10N6O2/c1-5-7(11(18)19)6(2)17(16-5)10-8-9(13-3-12-8)14-4-15-10/h3-4H,1-2H3,(H,18,19)(H,12,13,14,15). The van der Waals surface area contributed by atoms with Crippen molar-refractivity contribution in [3.8, 4) is 5.82 Å². The first-order chi connectivity index (χ1) is 9.09. The van der Waals surface area contributed by atoms with Gasteiger partial charge in [0.25, 0.3) is 0 Å². The van der Waals surface area contributed by atoms with Crippen LogP contribution >= 0.6 is 0 Å². The smallest absolute Gasteiger partial charge is 0.339 e. The van der Waals surface area contributed by atoms with E-state index in [9.17, 15) is 9.90 Å². The molecule has 0 aliphatic heterocycles. The Morgan fingerprint density at radius 2 is 2.11 bits per heavy atom. The second-order valence-corrected chi connectivity index (χ2v) is 4.06. The molecule has 0 amide bonds. The van der Waals surface area contributed by atoms with E-state index >= 15 is 0 Å². The van der Waals surface area contributed by atoms with Crippen LogP contribution in [0.4, 0.5) is 0 Å². The first-order valence-corrected chi connectivity index (χ1v) is 5.53. The van der Waals surface area contributed by atoms with Gasteiger partial charge in [0, 0.05) is 0 Å². The molecule has 96 valence electrons. The highest BCUT2D eigenvalue weighted by Crippen LogP contribution is 2.20. The Kier molecular flexibility index (Phi) is 2.31. The number of rotatable bonds is 2. The summed E-state index contributed by atoms with van der Waals surface area (Å²) in [6.45, 7) is 3.34. The van der Waals surface area contributed by atoms with Crippen molar-refractivity contribution in [2.24, 2.45) is 0 Å². The summed E-state index contributed by atoms with van der Waals surface area (Å²) in [5.74, 6) is -0.522. The number of hydrogen-bond donors (Lipinski definition) is 2. The molecule has 8 nitrogen and oxygen atoms in total. The third-order valence-electron chi connectivity index (χ3n) is 2.91. The van der Waals surface area contributed by atoms with Crippen molar-refractivity contribution < 1.29 is 9.90 Å². The Bertz CT molecular complexity index is 788. The molecule has 0 spiro atoms. The van der Waals surface area contributed by atoms with E-state index in [0.29, 0.717) is 28.4 Å². The minimum atomic E-state index is -1.00. The lowest BCUT2D eigenvalue weighted by Crippen LogP contribution is -2.05. The molecule has 0 saturated carbocycles. The van der Waals surface area contributed by atoms with Crippen LogP contribution in [-0.2, 0) is 0 Å². The highest BCUT2D eigenvalue weighted by atomic mass is 16.4. The van der Waals surface area contributed by atoms with Crippen LogP contribution in [0.3, 0.4) is 0 Å². The van der Waals surface area contributed by atoms with E-state index in [4.69, 9.17) is 0 Å². The molecule has 0 saturated heterocycles. The minimum absolute atomic E-state index is 0.186. The van der Waals surface area contributed by atoms with Gasteiger partial charge in [-0.1, -0.05) is 0 Å². The molecule has 0 unspecified atom stereocenters. The van der Waals surface area contributed by atoms with Crippen molar-refractivity contribution in [3.05, 3.63) is 29.6 Å². The SMILES string of the molecule is Cc1nn(-c2ncnc3nc[nH]c23)c(C)c1C(=O)O. The van der Waals surface area contributed by atoms with Crippen molar-refractivity contribution in [2.75, 3.05) is 0 Å². The number of aromatic nitrogens is 6. The van der Waals surface area contributed by atoms with E-state index in [1.807, 2.05) is 0 Å². The summed E-state index contributed by atoms with van der Waals surface area (Å²) < 4.78 is 1.49. The number of carbonyl (C=O) groups is 1. The average Bonchev–Trinajstić information content (AvgIpc) is 2.93. The topological polar surface area (TPSA) is 110 Å². The lowest BCUT2D eigenvalue weighted by atomic mass is 10.2. The maximum absolute atomic E-state index is 11.2.